The molecule has 3 heteroatoms. The molecular weight excluding hydrogens is 216 g/mol. The molecule has 3 fully saturated rings. The molecule has 2 bridgehead atoms. The monoisotopic (exact) mass is 234 g/mol. The predicted molar refractivity (Wildman–Crippen MR) is 62.8 cm³/mol. The molecule has 0 atom stereocenters. The third-order valence-corrected chi connectivity index (χ3v) is 4.97. The average molecular weight is 234 g/mol. The maximum absolute atomic E-state index is 10.9. The van der Waals surface area contributed by atoms with Gasteiger partial charge in [0.2, 0.25) is 0 Å². The Morgan fingerprint density at radius 3 is 2.35 bits per heavy atom. The predicted octanol–water partition coefficient (Wildman–Crippen LogP) is 3.35. The highest BCUT2D eigenvalue weighted by atomic mass is 16.4. The van der Waals surface area contributed by atoms with Crippen molar-refractivity contribution in [2.75, 3.05) is 0 Å². The molecule has 1 aromatic rings. The van der Waals surface area contributed by atoms with Crippen molar-refractivity contribution < 1.29 is 14.3 Å². The SMILES string of the molecule is O=C(O)CC12CCC(c3ccco3)(CC1)CC2. The van der Waals surface area contributed by atoms with Gasteiger partial charge in [0, 0.05) is 5.41 Å². The molecular formula is C14H18O3. The van der Waals surface area contributed by atoms with E-state index in [0.717, 1.165) is 44.3 Å². The number of rotatable bonds is 3. The highest BCUT2D eigenvalue weighted by molar-refractivity contribution is 5.67. The second-order valence-electron chi connectivity index (χ2n) is 5.83. The lowest BCUT2D eigenvalue weighted by Gasteiger charge is -2.52. The van der Waals surface area contributed by atoms with Gasteiger partial charge in [0.1, 0.15) is 5.76 Å². The van der Waals surface area contributed by atoms with Gasteiger partial charge in [0.15, 0.2) is 0 Å². The van der Waals surface area contributed by atoms with Crippen molar-refractivity contribution in [3.8, 4) is 0 Å². The molecule has 3 saturated carbocycles. The molecule has 0 radical (unpaired) electrons. The first-order valence-corrected chi connectivity index (χ1v) is 6.40. The third-order valence-electron chi connectivity index (χ3n) is 4.97. The van der Waals surface area contributed by atoms with Gasteiger partial charge in [-0.25, -0.2) is 0 Å². The number of hydrogen-bond donors (Lipinski definition) is 1. The molecule has 3 aliphatic rings. The molecule has 0 saturated heterocycles. The Labute approximate surface area is 101 Å². The number of hydrogen-bond acceptors (Lipinski definition) is 2. The van der Waals surface area contributed by atoms with Gasteiger partial charge in [0.25, 0.3) is 0 Å². The quantitative estimate of drug-likeness (QED) is 0.872. The first-order chi connectivity index (χ1) is 8.14. The first kappa shape index (κ1) is 10.9. The molecule has 3 nitrogen and oxygen atoms in total. The normalized spacial score (nSPS) is 36.0. The van der Waals surface area contributed by atoms with Gasteiger partial charge in [-0.3, -0.25) is 4.79 Å². The molecule has 1 heterocycles. The Morgan fingerprint density at radius 1 is 1.24 bits per heavy atom. The Balaban J connectivity index is 1.80. The smallest absolute Gasteiger partial charge is 0.303 e. The molecule has 0 amide bonds. The van der Waals surface area contributed by atoms with Crippen LogP contribution < -0.4 is 0 Å². The molecule has 17 heavy (non-hydrogen) atoms. The molecule has 92 valence electrons. The fraction of sp³-hybridized carbons (Fsp3) is 0.643. The summed E-state index contributed by atoms with van der Waals surface area (Å²) >= 11 is 0. The molecule has 1 aromatic heterocycles. The van der Waals surface area contributed by atoms with Crippen LogP contribution in [0.15, 0.2) is 22.8 Å². The zero-order valence-corrected chi connectivity index (χ0v) is 9.95. The minimum absolute atomic E-state index is 0.0835. The topological polar surface area (TPSA) is 50.4 Å². The molecule has 0 unspecified atom stereocenters. The molecule has 0 aromatic carbocycles. The summed E-state index contributed by atoms with van der Waals surface area (Å²) in [6.07, 6.45) is 8.49. The van der Waals surface area contributed by atoms with E-state index in [4.69, 9.17) is 9.52 Å². The van der Waals surface area contributed by atoms with Crippen LogP contribution in [-0.4, -0.2) is 11.1 Å². The standard InChI is InChI=1S/C14H18O3/c15-12(16)10-13-3-6-14(7-4-13,8-5-13)11-2-1-9-17-11/h1-2,9H,3-8,10H2,(H,15,16). The Hall–Kier alpha value is -1.25. The summed E-state index contributed by atoms with van der Waals surface area (Å²) in [7, 11) is 0. The van der Waals surface area contributed by atoms with E-state index in [2.05, 4.69) is 6.07 Å². The van der Waals surface area contributed by atoms with Crippen molar-refractivity contribution >= 4 is 5.97 Å². The van der Waals surface area contributed by atoms with E-state index in [-0.39, 0.29) is 10.8 Å². The maximum Gasteiger partial charge on any atom is 0.303 e. The van der Waals surface area contributed by atoms with Crippen molar-refractivity contribution in [2.45, 2.75) is 50.4 Å². The lowest BCUT2D eigenvalue weighted by atomic mass is 9.52. The summed E-state index contributed by atoms with van der Waals surface area (Å²) in [5.41, 5.74) is 0.296. The number of aliphatic carboxylic acids is 1. The van der Waals surface area contributed by atoms with Crippen molar-refractivity contribution in [3.63, 3.8) is 0 Å². The average Bonchev–Trinajstić information content (AvgIpc) is 2.84. The van der Waals surface area contributed by atoms with E-state index in [0.29, 0.717) is 6.42 Å². The summed E-state index contributed by atoms with van der Waals surface area (Å²) in [5, 5.41) is 9.01. The summed E-state index contributed by atoms with van der Waals surface area (Å²) in [6, 6.07) is 4.04. The minimum Gasteiger partial charge on any atom is -0.481 e. The van der Waals surface area contributed by atoms with E-state index in [1.54, 1.807) is 6.26 Å². The van der Waals surface area contributed by atoms with Gasteiger partial charge >= 0.3 is 5.97 Å². The third kappa shape index (κ3) is 1.68. The van der Waals surface area contributed by atoms with Crippen LogP contribution >= 0.6 is 0 Å². The molecule has 4 rings (SSSR count). The van der Waals surface area contributed by atoms with Crippen molar-refractivity contribution in [3.05, 3.63) is 24.2 Å². The van der Waals surface area contributed by atoms with Crippen LogP contribution in [0.1, 0.15) is 50.7 Å². The van der Waals surface area contributed by atoms with Crippen LogP contribution in [0, 0.1) is 5.41 Å². The van der Waals surface area contributed by atoms with Gasteiger partial charge in [-0.15, -0.1) is 0 Å². The second-order valence-corrected chi connectivity index (χ2v) is 5.83. The zero-order valence-electron chi connectivity index (χ0n) is 9.95. The van der Waals surface area contributed by atoms with E-state index in [1.807, 2.05) is 6.07 Å². The molecule has 0 spiro atoms. The van der Waals surface area contributed by atoms with Crippen molar-refractivity contribution in [1.29, 1.82) is 0 Å². The highest BCUT2D eigenvalue weighted by Gasteiger charge is 2.51. The maximum atomic E-state index is 10.9. The molecule has 0 aliphatic heterocycles. The van der Waals surface area contributed by atoms with Crippen LogP contribution in [0.5, 0.6) is 0 Å². The lowest BCUT2D eigenvalue weighted by Crippen LogP contribution is -2.44. The van der Waals surface area contributed by atoms with Crippen LogP contribution in [0.2, 0.25) is 0 Å². The van der Waals surface area contributed by atoms with E-state index in [1.165, 1.54) is 0 Å². The zero-order chi connectivity index (χ0) is 11.9. The largest absolute Gasteiger partial charge is 0.481 e. The first-order valence-electron chi connectivity index (χ1n) is 6.40. The Kier molecular flexibility index (Phi) is 2.32. The van der Waals surface area contributed by atoms with Gasteiger partial charge in [-0.05, 0) is 56.1 Å². The highest BCUT2D eigenvalue weighted by Crippen LogP contribution is 2.59. The van der Waals surface area contributed by atoms with Crippen LogP contribution in [-0.2, 0) is 10.2 Å². The van der Waals surface area contributed by atoms with Crippen LogP contribution in [0.3, 0.4) is 0 Å². The Morgan fingerprint density at radius 2 is 1.88 bits per heavy atom. The summed E-state index contributed by atoms with van der Waals surface area (Å²) in [4.78, 5) is 10.9. The van der Waals surface area contributed by atoms with E-state index in [9.17, 15) is 4.79 Å². The number of carboxylic acids is 1. The molecule has 3 aliphatic carbocycles. The van der Waals surface area contributed by atoms with Crippen molar-refractivity contribution in [2.24, 2.45) is 5.41 Å². The van der Waals surface area contributed by atoms with Gasteiger partial charge in [-0.1, -0.05) is 0 Å². The fourth-order valence-corrected chi connectivity index (χ4v) is 3.80. The Bertz CT molecular complexity index is 394. The van der Waals surface area contributed by atoms with E-state index < -0.39 is 5.97 Å². The number of carboxylic acid groups (broad SMARTS) is 1. The van der Waals surface area contributed by atoms with Crippen molar-refractivity contribution in [1.82, 2.24) is 0 Å². The second kappa shape index (κ2) is 3.62. The number of fused-ring (bicyclic) bond motifs is 3. The number of furan rings is 1. The van der Waals surface area contributed by atoms with Crippen LogP contribution in [0.4, 0.5) is 0 Å². The summed E-state index contributed by atoms with van der Waals surface area (Å²) in [6.45, 7) is 0. The fourth-order valence-electron chi connectivity index (χ4n) is 3.80. The molecule has 1 N–H and O–H groups in total. The van der Waals surface area contributed by atoms with Gasteiger partial charge in [0.05, 0.1) is 12.7 Å². The van der Waals surface area contributed by atoms with E-state index >= 15 is 0 Å². The number of carbonyl (C=O) groups is 1. The van der Waals surface area contributed by atoms with Gasteiger partial charge < -0.3 is 9.52 Å². The summed E-state index contributed by atoms with van der Waals surface area (Å²) in [5.74, 6) is 0.471. The lowest BCUT2D eigenvalue weighted by molar-refractivity contribution is -0.142. The minimum atomic E-state index is -0.641. The van der Waals surface area contributed by atoms with Gasteiger partial charge in [-0.2, -0.15) is 0 Å². The van der Waals surface area contributed by atoms with Crippen LogP contribution in [0.25, 0.3) is 0 Å². The summed E-state index contributed by atoms with van der Waals surface area (Å²) < 4.78 is 5.59.